The third-order valence-electron chi connectivity index (χ3n) is 7.22. The molecule has 7 nitrogen and oxygen atoms in total. The number of amides is 2. The first kappa shape index (κ1) is 32.7. The summed E-state index contributed by atoms with van der Waals surface area (Å²) in [4.78, 5) is 29.5. The second-order valence-corrected chi connectivity index (χ2v) is 12.6. The van der Waals surface area contributed by atoms with Gasteiger partial charge in [-0.05, 0) is 60.4 Å². The van der Waals surface area contributed by atoms with E-state index in [1.807, 2.05) is 68.4 Å². The minimum Gasteiger partial charge on any atom is -0.354 e. The van der Waals surface area contributed by atoms with Crippen molar-refractivity contribution in [3.8, 4) is 0 Å². The Balaban J connectivity index is 1.81. The second kappa shape index (κ2) is 15.0. The molecule has 4 aromatic rings. The number of aryl methyl sites for hydroxylation is 1. The quantitative estimate of drug-likeness (QED) is 0.191. The summed E-state index contributed by atoms with van der Waals surface area (Å²) in [6, 6.07) is 27.0. The van der Waals surface area contributed by atoms with Gasteiger partial charge in [0.25, 0.3) is 10.0 Å². The minimum absolute atomic E-state index is 0.0134. The Labute approximate surface area is 263 Å². The van der Waals surface area contributed by atoms with Crippen molar-refractivity contribution in [3.63, 3.8) is 0 Å². The molecule has 0 unspecified atom stereocenters. The van der Waals surface area contributed by atoms with Crippen LogP contribution in [0.2, 0.25) is 5.02 Å². The number of hydrogen-bond donors (Lipinski definition) is 1. The van der Waals surface area contributed by atoms with Gasteiger partial charge in [0.2, 0.25) is 11.8 Å². The Hall–Kier alpha value is -4.21. The van der Waals surface area contributed by atoms with E-state index in [0.29, 0.717) is 13.0 Å². The minimum atomic E-state index is -4.31. The van der Waals surface area contributed by atoms with E-state index in [0.717, 1.165) is 27.1 Å². The summed E-state index contributed by atoms with van der Waals surface area (Å²) in [5, 5.41) is 2.63. The van der Waals surface area contributed by atoms with Crippen LogP contribution in [-0.4, -0.2) is 44.3 Å². The van der Waals surface area contributed by atoms with E-state index < -0.39 is 34.3 Å². The summed E-state index contributed by atoms with van der Waals surface area (Å²) in [5.41, 5.74) is 2.58. The first-order valence-electron chi connectivity index (χ1n) is 14.3. The predicted octanol–water partition coefficient (Wildman–Crippen LogP) is 6.15. The van der Waals surface area contributed by atoms with Gasteiger partial charge >= 0.3 is 0 Å². The lowest BCUT2D eigenvalue weighted by molar-refractivity contribution is -0.140. The maximum atomic E-state index is 14.4. The number of hydrogen-bond acceptors (Lipinski definition) is 4. The summed E-state index contributed by atoms with van der Waals surface area (Å²) in [6.45, 7) is 3.67. The van der Waals surface area contributed by atoms with E-state index in [1.165, 1.54) is 29.2 Å². The molecule has 0 aromatic heterocycles. The molecule has 2 amide bonds. The van der Waals surface area contributed by atoms with E-state index in [1.54, 1.807) is 18.2 Å². The van der Waals surface area contributed by atoms with Crippen LogP contribution in [0.25, 0.3) is 0 Å². The maximum absolute atomic E-state index is 14.4. The zero-order valence-corrected chi connectivity index (χ0v) is 26.2. The van der Waals surface area contributed by atoms with Gasteiger partial charge in [0.1, 0.15) is 18.4 Å². The van der Waals surface area contributed by atoms with Crippen LogP contribution in [-0.2, 0) is 32.6 Å². The highest BCUT2D eigenvalue weighted by atomic mass is 35.5. The lowest BCUT2D eigenvalue weighted by Crippen LogP contribution is -2.53. The lowest BCUT2D eigenvalue weighted by Gasteiger charge is -2.34. The van der Waals surface area contributed by atoms with E-state index in [-0.39, 0.29) is 34.5 Å². The van der Waals surface area contributed by atoms with Crippen molar-refractivity contribution in [3.05, 3.63) is 131 Å². The Bertz CT molecular complexity index is 1690. The van der Waals surface area contributed by atoms with Gasteiger partial charge in [-0.3, -0.25) is 13.9 Å². The number of rotatable bonds is 13. The summed E-state index contributed by atoms with van der Waals surface area (Å²) < 4.78 is 43.0. The van der Waals surface area contributed by atoms with Crippen LogP contribution in [0.3, 0.4) is 0 Å². The SMILES string of the molecule is CCCNC(=O)[C@H](Cc1ccccc1)N(Cc1ccccc1C)C(=O)CN(c1ccc(F)c(Cl)c1)S(=O)(=O)c1ccccc1. The third kappa shape index (κ3) is 8.03. The number of carbonyl (C=O) groups is 2. The highest BCUT2D eigenvalue weighted by Gasteiger charge is 2.35. The molecule has 0 aliphatic rings. The molecular weight excluding hydrogens is 601 g/mol. The number of carbonyl (C=O) groups excluding carboxylic acids is 2. The fourth-order valence-electron chi connectivity index (χ4n) is 4.78. The molecule has 0 bridgehead atoms. The number of nitrogens with one attached hydrogen (secondary N) is 1. The van der Waals surface area contributed by atoms with Crippen molar-refractivity contribution in [2.45, 2.75) is 44.2 Å². The Kier molecular flexibility index (Phi) is 11.1. The molecule has 4 rings (SSSR count). The Morgan fingerprint density at radius 3 is 2.18 bits per heavy atom. The molecule has 0 spiro atoms. The van der Waals surface area contributed by atoms with Gasteiger partial charge in [0.15, 0.2) is 0 Å². The third-order valence-corrected chi connectivity index (χ3v) is 9.30. The van der Waals surface area contributed by atoms with Crippen molar-refractivity contribution in [1.82, 2.24) is 10.2 Å². The van der Waals surface area contributed by atoms with Crippen molar-refractivity contribution >= 4 is 39.1 Å². The van der Waals surface area contributed by atoms with Gasteiger partial charge in [-0.15, -0.1) is 0 Å². The van der Waals surface area contributed by atoms with Crippen molar-refractivity contribution in [2.75, 3.05) is 17.4 Å². The van der Waals surface area contributed by atoms with Gasteiger partial charge in [0, 0.05) is 19.5 Å². The van der Waals surface area contributed by atoms with Gasteiger partial charge < -0.3 is 10.2 Å². The summed E-state index contributed by atoms with van der Waals surface area (Å²) in [7, 11) is -4.31. The molecule has 0 aliphatic carbocycles. The number of anilines is 1. The molecule has 0 aliphatic heterocycles. The van der Waals surface area contributed by atoms with Crippen LogP contribution >= 0.6 is 11.6 Å². The van der Waals surface area contributed by atoms with E-state index in [9.17, 15) is 22.4 Å². The molecule has 0 fully saturated rings. The fraction of sp³-hybridized carbons (Fsp3) is 0.235. The van der Waals surface area contributed by atoms with E-state index in [2.05, 4.69) is 5.32 Å². The number of halogens is 2. The molecule has 1 atom stereocenters. The zero-order chi connectivity index (χ0) is 31.7. The van der Waals surface area contributed by atoms with Crippen molar-refractivity contribution in [1.29, 1.82) is 0 Å². The summed E-state index contributed by atoms with van der Waals surface area (Å²) in [6.07, 6.45) is 0.909. The topological polar surface area (TPSA) is 86.8 Å². The molecule has 4 aromatic carbocycles. The second-order valence-electron chi connectivity index (χ2n) is 10.4. The molecule has 0 radical (unpaired) electrons. The van der Waals surface area contributed by atoms with Gasteiger partial charge in [0.05, 0.1) is 15.6 Å². The first-order valence-corrected chi connectivity index (χ1v) is 16.1. The molecule has 0 heterocycles. The largest absolute Gasteiger partial charge is 0.354 e. The molecule has 1 N–H and O–H groups in total. The first-order chi connectivity index (χ1) is 21.1. The fourth-order valence-corrected chi connectivity index (χ4v) is 6.38. The molecule has 44 heavy (non-hydrogen) atoms. The number of nitrogens with zero attached hydrogens (tertiary/aromatic N) is 2. The van der Waals surface area contributed by atoms with E-state index >= 15 is 0 Å². The number of sulfonamides is 1. The molecule has 0 saturated carbocycles. The van der Waals surface area contributed by atoms with Gasteiger partial charge in [-0.2, -0.15) is 0 Å². The van der Waals surface area contributed by atoms with Crippen molar-refractivity contribution in [2.24, 2.45) is 0 Å². The molecule has 0 saturated heterocycles. The van der Waals surface area contributed by atoms with Crippen LogP contribution < -0.4 is 9.62 Å². The average molecular weight is 636 g/mol. The standard InChI is InChI=1S/C34H35ClFN3O4S/c1-3-20-37-34(41)32(21-26-13-6-4-7-14-26)38(23-27-15-11-10-12-25(27)2)33(40)24-39(28-18-19-31(36)30(35)22-28)44(42,43)29-16-8-5-9-17-29/h4-19,22,32H,3,20-21,23-24H2,1-2H3,(H,37,41)/t32-/m0/s1. The van der Waals surface area contributed by atoms with Crippen molar-refractivity contribution < 1.29 is 22.4 Å². The van der Waals surface area contributed by atoms with Gasteiger partial charge in [-0.25, -0.2) is 12.8 Å². The normalized spacial score (nSPS) is 11.9. The highest BCUT2D eigenvalue weighted by molar-refractivity contribution is 7.92. The van der Waals surface area contributed by atoms with Gasteiger partial charge in [-0.1, -0.05) is 91.3 Å². The summed E-state index contributed by atoms with van der Waals surface area (Å²) in [5.74, 6) is -1.68. The van der Waals surface area contributed by atoms with Crippen LogP contribution in [0, 0.1) is 12.7 Å². The van der Waals surface area contributed by atoms with Crippen LogP contribution in [0.5, 0.6) is 0 Å². The van der Waals surface area contributed by atoms with Crippen LogP contribution in [0.1, 0.15) is 30.0 Å². The smallest absolute Gasteiger partial charge is 0.264 e. The summed E-state index contributed by atoms with van der Waals surface area (Å²) >= 11 is 6.06. The molecular formula is C34H35ClFN3O4S. The average Bonchev–Trinajstić information content (AvgIpc) is 3.03. The monoisotopic (exact) mass is 635 g/mol. The lowest BCUT2D eigenvalue weighted by atomic mass is 10.0. The van der Waals surface area contributed by atoms with E-state index in [4.69, 9.17) is 11.6 Å². The molecule has 10 heteroatoms. The Morgan fingerprint density at radius 1 is 0.909 bits per heavy atom. The highest BCUT2D eigenvalue weighted by Crippen LogP contribution is 2.28. The van der Waals surface area contributed by atoms with Crippen LogP contribution in [0.4, 0.5) is 10.1 Å². The van der Waals surface area contributed by atoms with Crippen LogP contribution in [0.15, 0.2) is 108 Å². The Morgan fingerprint density at radius 2 is 1.55 bits per heavy atom. The maximum Gasteiger partial charge on any atom is 0.264 e. The predicted molar refractivity (Wildman–Crippen MR) is 171 cm³/mol. The zero-order valence-electron chi connectivity index (χ0n) is 24.6. The molecule has 230 valence electrons. The number of benzene rings is 4.